The van der Waals surface area contributed by atoms with Gasteiger partial charge in [-0.25, -0.2) is 5.43 Å². The summed E-state index contributed by atoms with van der Waals surface area (Å²) in [5.41, 5.74) is 3.60. The Hall–Kier alpha value is -1.89. The average Bonchev–Trinajstić information content (AvgIpc) is 2.55. The molecule has 0 aliphatic carbocycles. The van der Waals surface area contributed by atoms with Crippen LogP contribution in [0.25, 0.3) is 0 Å². The molecule has 2 aromatic rings. The van der Waals surface area contributed by atoms with Crippen LogP contribution in [-0.4, -0.2) is 18.0 Å². The van der Waals surface area contributed by atoms with Gasteiger partial charge < -0.3 is 5.32 Å². The van der Waals surface area contributed by atoms with Gasteiger partial charge in [0.25, 0.3) is 0 Å². The standard InChI is InChI=1S/C16H12BrCl2N3O2/c17-12-4-1-10(2-5-12)8-21-22-16(24)15(23)20-9-11-3-6-13(18)7-14(11)19/h1-8H,9H2,(H,20,23)(H,22,24)/b21-8+. The van der Waals surface area contributed by atoms with Crippen molar-refractivity contribution in [2.45, 2.75) is 6.54 Å². The van der Waals surface area contributed by atoms with Gasteiger partial charge in [0.15, 0.2) is 0 Å². The van der Waals surface area contributed by atoms with Gasteiger partial charge in [0.2, 0.25) is 0 Å². The molecule has 0 spiro atoms. The third kappa shape index (κ3) is 5.63. The Labute approximate surface area is 157 Å². The number of carbonyl (C=O) groups excluding carboxylic acids is 2. The molecule has 8 heteroatoms. The van der Waals surface area contributed by atoms with E-state index in [1.54, 1.807) is 18.2 Å². The summed E-state index contributed by atoms with van der Waals surface area (Å²) in [5.74, 6) is -1.68. The molecule has 0 unspecified atom stereocenters. The lowest BCUT2D eigenvalue weighted by molar-refractivity contribution is -0.139. The zero-order valence-electron chi connectivity index (χ0n) is 12.2. The molecule has 0 saturated carbocycles. The van der Waals surface area contributed by atoms with Crippen LogP contribution in [0.2, 0.25) is 10.0 Å². The SMILES string of the molecule is O=C(NCc1ccc(Cl)cc1Cl)C(=O)N/N=C/c1ccc(Br)cc1. The Kier molecular flexibility index (Phi) is 6.78. The fourth-order valence-electron chi connectivity index (χ4n) is 1.69. The summed E-state index contributed by atoms with van der Waals surface area (Å²) in [7, 11) is 0. The molecule has 0 aliphatic rings. The predicted octanol–water partition coefficient (Wildman–Crippen LogP) is 3.52. The number of hydrogen-bond acceptors (Lipinski definition) is 3. The van der Waals surface area contributed by atoms with Gasteiger partial charge >= 0.3 is 11.8 Å². The van der Waals surface area contributed by atoms with Crippen molar-refractivity contribution in [3.63, 3.8) is 0 Å². The van der Waals surface area contributed by atoms with Crippen molar-refractivity contribution in [2.75, 3.05) is 0 Å². The lowest BCUT2D eigenvalue weighted by Gasteiger charge is -2.06. The fourth-order valence-corrected chi connectivity index (χ4v) is 2.43. The van der Waals surface area contributed by atoms with E-state index in [1.165, 1.54) is 6.21 Å². The fraction of sp³-hybridized carbons (Fsp3) is 0.0625. The molecule has 24 heavy (non-hydrogen) atoms. The number of benzene rings is 2. The first-order valence-electron chi connectivity index (χ1n) is 6.76. The zero-order valence-corrected chi connectivity index (χ0v) is 15.3. The van der Waals surface area contributed by atoms with Crippen LogP contribution >= 0.6 is 39.1 Å². The Morgan fingerprint density at radius 1 is 1.08 bits per heavy atom. The minimum absolute atomic E-state index is 0.110. The van der Waals surface area contributed by atoms with Crippen LogP contribution in [0.3, 0.4) is 0 Å². The molecule has 0 aromatic heterocycles. The van der Waals surface area contributed by atoms with E-state index in [0.29, 0.717) is 15.6 Å². The van der Waals surface area contributed by atoms with Crippen LogP contribution in [0.4, 0.5) is 0 Å². The second kappa shape index (κ2) is 8.82. The third-order valence-corrected chi connectivity index (χ3v) is 4.03. The molecule has 0 atom stereocenters. The summed E-state index contributed by atoms with van der Waals surface area (Å²) in [6.45, 7) is 0.110. The highest BCUT2D eigenvalue weighted by Gasteiger charge is 2.12. The van der Waals surface area contributed by atoms with E-state index in [1.807, 2.05) is 24.3 Å². The molecule has 0 aliphatic heterocycles. The number of hydrogen-bond donors (Lipinski definition) is 2. The number of nitrogens with zero attached hydrogens (tertiary/aromatic N) is 1. The minimum atomic E-state index is -0.867. The zero-order chi connectivity index (χ0) is 17.5. The second-order valence-corrected chi connectivity index (χ2v) is 6.43. The van der Waals surface area contributed by atoms with E-state index in [2.05, 4.69) is 31.8 Å². The molecule has 124 valence electrons. The van der Waals surface area contributed by atoms with Gasteiger partial charge in [-0.15, -0.1) is 0 Å². The predicted molar refractivity (Wildman–Crippen MR) is 98.2 cm³/mol. The summed E-state index contributed by atoms with van der Waals surface area (Å²) in [6, 6.07) is 12.2. The van der Waals surface area contributed by atoms with Crippen molar-refractivity contribution >= 4 is 57.2 Å². The van der Waals surface area contributed by atoms with Gasteiger partial charge in [0, 0.05) is 21.1 Å². The summed E-state index contributed by atoms with van der Waals surface area (Å²) in [6.07, 6.45) is 1.44. The molecular weight excluding hydrogens is 417 g/mol. The average molecular weight is 429 g/mol. The van der Waals surface area contributed by atoms with Crippen LogP contribution in [-0.2, 0) is 16.1 Å². The highest BCUT2D eigenvalue weighted by atomic mass is 79.9. The van der Waals surface area contributed by atoms with Crippen molar-refractivity contribution in [3.8, 4) is 0 Å². The Morgan fingerprint density at radius 2 is 1.79 bits per heavy atom. The van der Waals surface area contributed by atoms with Crippen molar-refractivity contribution in [1.29, 1.82) is 0 Å². The second-order valence-electron chi connectivity index (χ2n) is 4.67. The summed E-state index contributed by atoms with van der Waals surface area (Å²) >= 11 is 15.1. The van der Waals surface area contributed by atoms with Gasteiger partial charge in [-0.05, 0) is 35.4 Å². The van der Waals surface area contributed by atoms with Crippen molar-refractivity contribution in [3.05, 3.63) is 68.1 Å². The molecule has 5 nitrogen and oxygen atoms in total. The van der Waals surface area contributed by atoms with Crippen LogP contribution in [0, 0.1) is 0 Å². The van der Waals surface area contributed by atoms with Gasteiger partial charge in [-0.3, -0.25) is 9.59 Å². The highest BCUT2D eigenvalue weighted by molar-refractivity contribution is 9.10. The first kappa shape index (κ1) is 18.4. The minimum Gasteiger partial charge on any atom is -0.344 e. The first-order valence-corrected chi connectivity index (χ1v) is 8.31. The van der Waals surface area contributed by atoms with E-state index >= 15 is 0 Å². The highest BCUT2D eigenvalue weighted by Crippen LogP contribution is 2.20. The molecular formula is C16H12BrCl2N3O2. The van der Waals surface area contributed by atoms with Crippen LogP contribution in [0.1, 0.15) is 11.1 Å². The quantitative estimate of drug-likeness (QED) is 0.444. The molecule has 0 heterocycles. The molecule has 2 rings (SSSR count). The monoisotopic (exact) mass is 427 g/mol. The maximum Gasteiger partial charge on any atom is 0.329 e. The van der Waals surface area contributed by atoms with Crippen molar-refractivity contribution in [2.24, 2.45) is 5.10 Å². The van der Waals surface area contributed by atoms with E-state index in [4.69, 9.17) is 23.2 Å². The molecule has 0 radical (unpaired) electrons. The molecule has 0 saturated heterocycles. The van der Waals surface area contributed by atoms with Crippen molar-refractivity contribution in [1.82, 2.24) is 10.7 Å². The molecule has 0 fully saturated rings. The van der Waals surface area contributed by atoms with Gasteiger partial charge in [-0.1, -0.05) is 57.3 Å². The number of nitrogens with one attached hydrogen (secondary N) is 2. The smallest absolute Gasteiger partial charge is 0.329 e. The third-order valence-electron chi connectivity index (χ3n) is 2.91. The Balaban J connectivity index is 1.83. The number of carbonyl (C=O) groups is 2. The van der Waals surface area contributed by atoms with Crippen LogP contribution in [0.5, 0.6) is 0 Å². The Bertz CT molecular complexity index is 779. The molecule has 0 bridgehead atoms. The summed E-state index contributed by atoms with van der Waals surface area (Å²) < 4.78 is 0.934. The number of hydrazone groups is 1. The van der Waals surface area contributed by atoms with E-state index in [0.717, 1.165) is 10.0 Å². The summed E-state index contributed by atoms with van der Waals surface area (Å²) in [4.78, 5) is 23.4. The van der Waals surface area contributed by atoms with E-state index in [-0.39, 0.29) is 6.54 Å². The van der Waals surface area contributed by atoms with Crippen molar-refractivity contribution < 1.29 is 9.59 Å². The van der Waals surface area contributed by atoms with Crippen LogP contribution in [0.15, 0.2) is 52.0 Å². The normalized spacial score (nSPS) is 10.6. The van der Waals surface area contributed by atoms with Crippen LogP contribution < -0.4 is 10.7 Å². The number of rotatable bonds is 4. The summed E-state index contributed by atoms with van der Waals surface area (Å²) in [5, 5.41) is 7.10. The molecule has 2 amide bonds. The van der Waals surface area contributed by atoms with Gasteiger partial charge in [-0.2, -0.15) is 5.10 Å². The topological polar surface area (TPSA) is 70.6 Å². The number of amides is 2. The molecule has 2 aromatic carbocycles. The number of halogens is 3. The molecule has 2 N–H and O–H groups in total. The van der Waals surface area contributed by atoms with E-state index < -0.39 is 11.8 Å². The lowest BCUT2D eigenvalue weighted by Crippen LogP contribution is -2.37. The largest absolute Gasteiger partial charge is 0.344 e. The van der Waals surface area contributed by atoms with Gasteiger partial charge in [0.05, 0.1) is 6.21 Å². The van der Waals surface area contributed by atoms with Gasteiger partial charge in [0.1, 0.15) is 0 Å². The lowest BCUT2D eigenvalue weighted by atomic mass is 10.2. The maximum atomic E-state index is 11.7. The Morgan fingerprint density at radius 3 is 2.46 bits per heavy atom. The maximum absolute atomic E-state index is 11.7. The first-order chi connectivity index (χ1) is 11.5. The van der Waals surface area contributed by atoms with E-state index in [9.17, 15) is 9.59 Å².